The van der Waals surface area contributed by atoms with Gasteiger partial charge in [-0.2, -0.15) is 0 Å². The first-order valence-corrected chi connectivity index (χ1v) is 6.25. The van der Waals surface area contributed by atoms with E-state index in [1.54, 1.807) is 0 Å². The highest BCUT2D eigenvalue weighted by atomic mass is 79.9. The molecule has 0 radical (unpaired) electrons. The van der Waals surface area contributed by atoms with E-state index in [9.17, 15) is 0 Å². The van der Waals surface area contributed by atoms with Gasteiger partial charge in [0.25, 0.3) is 0 Å². The molecule has 0 nitrogen and oxygen atoms in total. The van der Waals surface area contributed by atoms with Crippen molar-refractivity contribution in [1.29, 1.82) is 0 Å². The van der Waals surface area contributed by atoms with Crippen molar-refractivity contribution in [3.05, 3.63) is 34.3 Å². The van der Waals surface area contributed by atoms with Crippen molar-refractivity contribution in [2.24, 2.45) is 5.92 Å². The Morgan fingerprint density at radius 2 is 1.86 bits per heavy atom. The average Bonchev–Trinajstić information content (AvgIpc) is 2.20. The number of alkyl halides is 1. The van der Waals surface area contributed by atoms with Gasteiger partial charge in [0.2, 0.25) is 0 Å². The summed E-state index contributed by atoms with van der Waals surface area (Å²) >= 11 is 9.72. The molecule has 0 fully saturated rings. The Hall–Kier alpha value is -0.0100. The van der Waals surface area contributed by atoms with E-state index in [1.165, 1.54) is 5.56 Å². The molecule has 0 aliphatic heterocycles. The molecular formula is C12H16BrCl. The lowest BCUT2D eigenvalue weighted by Crippen LogP contribution is -2.13. The molecule has 0 spiro atoms. The van der Waals surface area contributed by atoms with E-state index in [2.05, 4.69) is 54.0 Å². The van der Waals surface area contributed by atoms with Crippen LogP contribution in [0.25, 0.3) is 0 Å². The molecule has 1 aromatic carbocycles. The van der Waals surface area contributed by atoms with E-state index in [4.69, 9.17) is 11.6 Å². The van der Waals surface area contributed by atoms with Crippen molar-refractivity contribution >= 4 is 27.5 Å². The van der Waals surface area contributed by atoms with Gasteiger partial charge >= 0.3 is 0 Å². The SMILES string of the molecule is CCC(C)C(Cl)Cc1ccc(Br)cc1. The first-order chi connectivity index (χ1) is 6.63. The van der Waals surface area contributed by atoms with E-state index in [0.29, 0.717) is 5.92 Å². The number of rotatable bonds is 4. The van der Waals surface area contributed by atoms with E-state index in [-0.39, 0.29) is 5.38 Å². The fraction of sp³-hybridized carbons (Fsp3) is 0.500. The van der Waals surface area contributed by atoms with Crippen LogP contribution in [0.5, 0.6) is 0 Å². The normalized spacial score (nSPS) is 15.1. The van der Waals surface area contributed by atoms with Gasteiger partial charge in [0, 0.05) is 9.85 Å². The van der Waals surface area contributed by atoms with Crippen molar-refractivity contribution in [2.45, 2.75) is 32.1 Å². The first kappa shape index (κ1) is 12.1. The molecule has 0 N–H and O–H groups in total. The van der Waals surface area contributed by atoms with Crippen LogP contribution in [0.2, 0.25) is 0 Å². The molecule has 1 rings (SSSR count). The molecule has 14 heavy (non-hydrogen) atoms. The van der Waals surface area contributed by atoms with Gasteiger partial charge in [-0.1, -0.05) is 48.3 Å². The molecule has 0 saturated carbocycles. The summed E-state index contributed by atoms with van der Waals surface area (Å²) in [6, 6.07) is 8.38. The summed E-state index contributed by atoms with van der Waals surface area (Å²) in [6.07, 6.45) is 2.11. The standard InChI is InChI=1S/C12H16BrCl/c1-3-9(2)12(14)8-10-4-6-11(13)7-5-10/h4-7,9,12H,3,8H2,1-2H3. The van der Waals surface area contributed by atoms with E-state index in [1.807, 2.05) is 0 Å². The zero-order valence-corrected chi connectivity index (χ0v) is 11.0. The third kappa shape index (κ3) is 3.62. The molecule has 2 unspecified atom stereocenters. The number of hydrogen-bond donors (Lipinski definition) is 0. The molecule has 2 heteroatoms. The zero-order valence-electron chi connectivity index (χ0n) is 8.63. The summed E-state index contributed by atoms with van der Waals surface area (Å²) in [7, 11) is 0. The monoisotopic (exact) mass is 274 g/mol. The third-order valence-electron chi connectivity index (χ3n) is 2.61. The lowest BCUT2D eigenvalue weighted by Gasteiger charge is -2.15. The van der Waals surface area contributed by atoms with Crippen molar-refractivity contribution in [3.63, 3.8) is 0 Å². The summed E-state index contributed by atoms with van der Waals surface area (Å²) in [5, 5.41) is 0.251. The van der Waals surface area contributed by atoms with Crippen LogP contribution in [-0.4, -0.2) is 5.38 Å². The highest BCUT2D eigenvalue weighted by Gasteiger charge is 2.12. The van der Waals surface area contributed by atoms with Crippen LogP contribution in [0.15, 0.2) is 28.7 Å². The van der Waals surface area contributed by atoms with Gasteiger partial charge in [-0.15, -0.1) is 11.6 Å². The predicted octanol–water partition coefficient (Wildman–Crippen LogP) is 4.65. The fourth-order valence-corrected chi connectivity index (χ4v) is 1.92. The first-order valence-electron chi connectivity index (χ1n) is 5.02. The molecule has 2 atom stereocenters. The second kappa shape index (κ2) is 5.77. The van der Waals surface area contributed by atoms with Crippen molar-refractivity contribution in [3.8, 4) is 0 Å². The lowest BCUT2D eigenvalue weighted by molar-refractivity contribution is 0.525. The maximum Gasteiger partial charge on any atom is 0.0401 e. The van der Waals surface area contributed by atoms with Crippen LogP contribution < -0.4 is 0 Å². The van der Waals surface area contributed by atoms with E-state index in [0.717, 1.165) is 17.3 Å². The van der Waals surface area contributed by atoms with Gasteiger partial charge in [0.05, 0.1) is 0 Å². The molecule has 0 aliphatic rings. The summed E-state index contributed by atoms with van der Waals surface area (Å²) in [5.74, 6) is 0.584. The molecule has 1 aromatic rings. The maximum absolute atomic E-state index is 6.29. The largest absolute Gasteiger partial charge is 0.122 e. The highest BCUT2D eigenvalue weighted by Crippen LogP contribution is 2.20. The van der Waals surface area contributed by atoms with Gasteiger partial charge < -0.3 is 0 Å². The van der Waals surface area contributed by atoms with E-state index < -0.39 is 0 Å². The zero-order chi connectivity index (χ0) is 10.6. The van der Waals surface area contributed by atoms with Gasteiger partial charge in [0.1, 0.15) is 0 Å². The lowest BCUT2D eigenvalue weighted by atomic mass is 9.98. The predicted molar refractivity (Wildman–Crippen MR) is 66.9 cm³/mol. The summed E-state index contributed by atoms with van der Waals surface area (Å²) in [6.45, 7) is 4.39. The third-order valence-corrected chi connectivity index (χ3v) is 3.72. The second-order valence-electron chi connectivity index (χ2n) is 3.73. The minimum Gasteiger partial charge on any atom is -0.122 e. The Morgan fingerprint density at radius 3 is 2.36 bits per heavy atom. The molecule has 0 bridgehead atoms. The van der Waals surface area contributed by atoms with Crippen molar-refractivity contribution < 1.29 is 0 Å². The fourth-order valence-electron chi connectivity index (χ4n) is 1.30. The van der Waals surface area contributed by atoms with Gasteiger partial charge in [0.15, 0.2) is 0 Å². The van der Waals surface area contributed by atoms with Crippen LogP contribution >= 0.6 is 27.5 Å². The topological polar surface area (TPSA) is 0 Å². The van der Waals surface area contributed by atoms with Crippen LogP contribution in [0.3, 0.4) is 0 Å². The van der Waals surface area contributed by atoms with Gasteiger partial charge in [-0.05, 0) is 30.0 Å². The number of hydrogen-bond acceptors (Lipinski definition) is 0. The summed E-state index contributed by atoms with van der Waals surface area (Å²) in [4.78, 5) is 0. The molecular weight excluding hydrogens is 259 g/mol. The van der Waals surface area contributed by atoms with Gasteiger partial charge in [-0.3, -0.25) is 0 Å². The molecule has 0 aliphatic carbocycles. The molecule has 0 saturated heterocycles. The van der Waals surface area contributed by atoms with Gasteiger partial charge in [-0.25, -0.2) is 0 Å². The Labute approximate surface area is 99.8 Å². The van der Waals surface area contributed by atoms with Crippen molar-refractivity contribution in [2.75, 3.05) is 0 Å². The quantitative estimate of drug-likeness (QED) is 0.702. The number of benzene rings is 1. The Morgan fingerprint density at radius 1 is 1.29 bits per heavy atom. The van der Waals surface area contributed by atoms with Crippen LogP contribution in [-0.2, 0) is 6.42 Å². The Balaban J connectivity index is 2.56. The van der Waals surface area contributed by atoms with Crippen LogP contribution in [0.1, 0.15) is 25.8 Å². The van der Waals surface area contributed by atoms with Crippen molar-refractivity contribution in [1.82, 2.24) is 0 Å². The van der Waals surface area contributed by atoms with E-state index >= 15 is 0 Å². The van der Waals surface area contributed by atoms with Crippen LogP contribution in [0, 0.1) is 5.92 Å². The summed E-state index contributed by atoms with van der Waals surface area (Å²) in [5.41, 5.74) is 1.31. The maximum atomic E-state index is 6.29. The van der Waals surface area contributed by atoms with Crippen LogP contribution in [0.4, 0.5) is 0 Å². The Kier molecular flexibility index (Phi) is 4.97. The molecule has 0 heterocycles. The average molecular weight is 276 g/mol. The molecule has 0 amide bonds. The molecule has 78 valence electrons. The Bertz CT molecular complexity index is 268. The second-order valence-corrected chi connectivity index (χ2v) is 5.21. The molecule has 0 aromatic heterocycles. The minimum atomic E-state index is 0.251. The smallest absolute Gasteiger partial charge is 0.0401 e. The minimum absolute atomic E-state index is 0.251. The summed E-state index contributed by atoms with van der Waals surface area (Å²) < 4.78 is 1.12. The number of halogens is 2. The highest BCUT2D eigenvalue weighted by molar-refractivity contribution is 9.10.